The standard InChI is InChI=1S/C16H14BrN3O/c17-15-9-19-20(11-15)10-14-6-7-16(18-8-14)21-12-13-4-2-1-3-5-13/h1-9,11H,10,12H2. The van der Waals surface area contributed by atoms with Crippen LogP contribution in [0.2, 0.25) is 0 Å². The second kappa shape index (κ2) is 6.54. The Morgan fingerprint density at radius 1 is 1.00 bits per heavy atom. The maximum absolute atomic E-state index is 5.66. The highest BCUT2D eigenvalue weighted by Gasteiger charge is 2.00. The van der Waals surface area contributed by atoms with Crippen molar-refractivity contribution in [1.82, 2.24) is 14.8 Å². The summed E-state index contributed by atoms with van der Waals surface area (Å²) in [4.78, 5) is 4.32. The molecule has 0 amide bonds. The fraction of sp³-hybridized carbons (Fsp3) is 0.125. The van der Waals surface area contributed by atoms with E-state index in [-0.39, 0.29) is 0 Å². The van der Waals surface area contributed by atoms with Crippen LogP contribution in [0.4, 0.5) is 0 Å². The Hall–Kier alpha value is -2.14. The molecule has 3 rings (SSSR count). The van der Waals surface area contributed by atoms with Crippen LogP contribution < -0.4 is 4.74 Å². The average molecular weight is 344 g/mol. The molecule has 2 aromatic heterocycles. The van der Waals surface area contributed by atoms with Gasteiger partial charge in [0.2, 0.25) is 5.88 Å². The molecule has 0 aliphatic heterocycles. The molecule has 0 spiro atoms. The molecule has 0 fully saturated rings. The zero-order valence-corrected chi connectivity index (χ0v) is 12.9. The topological polar surface area (TPSA) is 39.9 Å². The molecule has 0 N–H and O–H groups in total. The molecule has 0 bridgehead atoms. The van der Waals surface area contributed by atoms with E-state index in [0.29, 0.717) is 19.0 Å². The zero-order valence-electron chi connectivity index (χ0n) is 11.3. The maximum Gasteiger partial charge on any atom is 0.213 e. The highest BCUT2D eigenvalue weighted by atomic mass is 79.9. The van der Waals surface area contributed by atoms with E-state index in [2.05, 4.69) is 26.0 Å². The van der Waals surface area contributed by atoms with E-state index < -0.39 is 0 Å². The summed E-state index contributed by atoms with van der Waals surface area (Å²) in [7, 11) is 0. The highest BCUT2D eigenvalue weighted by Crippen LogP contribution is 2.12. The van der Waals surface area contributed by atoms with E-state index in [1.54, 1.807) is 6.20 Å². The quantitative estimate of drug-likeness (QED) is 0.709. The molecule has 0 unspecified atom stereocenters. The molecule has 0 saturated heterocycles. The highest BCUT2D eigenvalue weighted by molar-refractivity contribution is 9.10. The number of halogens is 1. The summed E-state index contributed by atoms with van der Waals surface area (Å²) in [6.07, 6.45) is 5.51. The van der Waals surface area contributed by atoms with Gasteiger partial charge in [-0.15, -0.1) is 0 Å². The van der Waals surface area contributed by atoms with Gasteiger partial charge in [0.1, 0.15) is 6.61 Å². The van der Waals surface area contributed by atoms with Crippen LogP contribution in [-0.4, -0.2) is 14.8 Å². The third kappa shape index (κ3) is 3.92. The summed E-state index contributed by atoms with van der Waals surface area (Å²) >= 11 is 3.38. The molecule has 1 aromatic carbocycles. The molecule has 21 heavy (non-hydrogen) atoms. The van der Waals surface area contributed by atoms with E-state index in [1.807, 2.05) is 59.5 Å². The molecule has 0 atom stereocenters. The number of nitrogens with zero attached hydrogens (tertiary/aromatic N) is 3. The lowest BCUT2D eigenvalue weighted by molar-refractivity contribution is 0.293. The first kappa shape index (κ1) is 13.8. The van der Waals surface area contributed by atoms with Gasteiger partial charge in [-0.2, -0.15) is 5.10 Å². The smallest absolute Gasteiger partial charge is 0.213 e. The Bertz CT molecular complexity index is 695. The molecule has 4 nitrogen and oxygen atoms in total. The summed E-state index contributed by atoms with van der Waals surface area (Å²) < 4.78 is 8.48. The first-order valence-corrected chi connectivity index (χ1v) is 7.38. The number of pyridine rings is 1. The minimum atomic E-state index is 0.527. The van der Waals surface area contributed by atoms with Crippen molar-refractivity contribution in [2.45, 2.75) is 13.2 Å². The summed E-state index contributed by atoms with van der Waals surface area (Å²) in [6, 6.07) is 13.9. The SMILES string of the molecule is Brc1cnn(Cc2ccc(OCc3ccccc3)nc2)c1. The lowest BCUT2D eigenvalue weighted by Gasteiger charge is -2.06. The normalized spacial score (nSPS) is 10.5. The Morgan fingerprint density at radius 2 is 1.86 bits per heavy atom. The molecule has 106 valence electrons. The van der Waals surface area contributed by atoms with Gasteiger partial charge in [0.05, 0.1) is 17.2 Å². The van der Waals surface area contributed by atoms with Gasteiger partial charge in [0.15, 0.2) is 0 Å². The summed E-state index contributed by atoms with van der Waals surface area (Å²) in [5.41, 5.74) is 2.21. The number of hydrogen-bond donors (Lipinski definition) is 0. The van der Waals surface area contributed by atoms with Gasteiger partial charge in [-0.05, 0) is 27.1 Å². The van der Waals surface area contributed by atoms with Gasteiger partial charge in [-0.3, -0.25) is 4.68 Å². The van der Waals surface area contributed by atoms with Crippen LogP contribution in [-0.2, 0) is 13.2 Å². The second-order valence-electron chi connectivity index (χ2n) is 4.64. The largest absolute Gasteiger partial charge is 0.473 e. The Kier molecular flexibility index (Phi) is 4.31. The molecule has 0 saturated carbocycles. The summed E-state index contributed by atoms with van der Waals surface area (Å²) in [6.45, 7) is 1.22. The number of benzene rings is 1. The van der Waals surface area contributed by atoms with Crippen molar-refractivity contribution in [3.8, 4) is 5.88 Å². The number of rotatable bonds is 5. The van der Waals surface area contributed by atoms with E-state index >= 15 is 0 Å². The van der Waals surface area contributed by atoms with Gasteiger partial charge in [-0.1, -0.05) is 36.4 Å². The van der Waals surface area contributed by atoms with Crippen molar-refractivity contribution in [2.24, 2.45) is 0 Å². The van der Waals surface area contributed by atoms with Gasteiger partial charge in [-0.25, -0.2) is 4.98 Å². The van der Waals surface area contributed by atoms with Crippen LogP contribution in [0.1, 0.15) is 11.1 Å². The van der Waals surface area contributed by atoms with Gasteiger partial charge < -0.3 is 4.74 Å². The van der Waals surface area contributed by atoms with Crippen molar-refractivity contribution in [3.05, 3.63) is 76.7 Å². The van der Waals surface area contributed by atoms with E-state index in [1.165, 1.54) is 0 Å². The molecule has 0 aliphatic carbocycles. The monoisotopic (exact) mass is 343 g/mol. The Balaban J connectivity index is 1.59. The predicted molar refractivity (Wildman–Crippen MR) is 84.0 cm³/mol. The van der Waals surface area contributed by atoms with Crippen LogP contribution in [0.5, 0.6) is 5.88 Å². The van der Waals surface area contributed by atoms with E-state index in [4.69, 9.17) is 4.74 Å². The Morgan fingerprint density at radius 3 is 2.52 bits per heavy atom. The zero-order chi connectivity index (χ0) is 14.5. The lowest BCUT2D eigenvalue weighted by atomic mass is 10.2. The van der Waals surface area contributed by atoms with Gasteiger partial charge in [0, 0.05) is 18.5 Å². The van der Waals surface area contributed by atoms with Crippen molar-refractivity contribution < 1.29 is 4.74 Å². The maximum atomic E-state index is 5.66. The predicted octanol–water partition coefficient (Wildman–Crippen LogP) is 3.67. The van der Waals surface area contributed by atoms with Crippen molar-refractivity contribution >= 4 is 15.9 Å². The fourth-order valence-corrected chi connectivity index (χ4v) is 2.26. The summed E-state index contributed by atoms with van der Waals surface area (Å²) in [5.74, 6) is 0.629. The summed E-state index contributed by atoms with van der Waals surface area (Å²) in [5, 5.41) is 4.22. The van der Waals surface area contributed by atoms with Crippen molar-refractivity contribution in [2.75, 3.05) is 0 Å². The molecule has 5 heteroatoms. The molecular weight excluding hydrogens is 330 g/mol. The minimum Gasteiger partial charge on any atom is -0.473 e. The fourth-order valence-electron chi connectivity index (χ4n) is 1.93. The van der Waals surface area contributed by atoms with Crippen LogP contribution in [0.25, 0.3) is 0 Å². The third-order valence-electron chi connectivity index (χ3n) is 2.97. The van der Waals surface area contributed by atoms with Crippen LogP contribution in [0.3, 0.4) is 0 Å². The Labute approximate surface area is 131 Å². The molecule has 0 radical (unpaired) electrons. The van der Waals surface area contributed by atoms with Crippen molar-refractivity contribution in [3.63, 3.8) is 0 Å². The molecule has 3 aromatic rings. The van der Waals surface area contributed by atoms with E-state index in [0.717, 1.165) is 15.6 Å². The average Bonchev–Trinajstić information content (AvgIpc) is 2.93. The molecular formula is C16H14BrN3O. The molecule has 2 heterocycles. The molecule has 0 aliphatic rings. The first-order chi connectivity index (χ1) is 10.3. The third-order valence-corrected chi connectivity index (χ3v) is 3.38. The van der Waals surface area contributed by atoms with Gasteiger partial charge >= 0.3 is 0 Å². The number of ether oxygens (including phenoxy) is 1. The van der Waals surface area contributed by atoms with Gasteiger partial charge in [0.25, 0.3) is 0 Å². The second-order valence-corrected chi connectivity index (χ2v) is 5.55. The van der Waals surface area contributed by atoms with Crippen LogP contribution in [0.15, 0.2) is 65.5 Å². The lowest BCUT2D eigenvalue weighted by Crippen LogP contribution is -2.01. The number of aromatic nitrogens is 3. The number of hydrogen-bond acceptors (Lipinski definition) is 3. The van der Waals surface area contributed by atoms with Crippen LogP contribution >= 0.6 is 15.9 Å². The van der Waals surface area contributed by atoms with Crippen molar-refractivity contribution in [1.29, 1.82) is 0 Å². The first-order valence-electron chi connectivity index (χ1n) is 6.59. The van der Waals surface area contributed by atoms with Crippen LogP contribution in [0, 0.1) is 0 Å². The van der Waals surface area contributed by atoms with E-state index in [9.17, 15) is 0 Å². The minimum absolute atomic E-state index is 0.527.